The van der Waals surface area contributed by atoms with E-state index in [-0.39, 0.29) is 5.91 Å². The molecule has 0 bridgehead atoms. The van der Waals surface area contributed by atoms with Gasteiger partial charge in [0.25, 0.3) is 0 Å². The average Bonchev–Trinajstić information content (AvgIpc) is 2.25. The molecule has 0 fully saturated rings. The van der Waals surface area contributed by atoms with Gasteiger partial charge in [0, 0.05) is 20.0 Å². The summed E-state index contributed by atoms with van der Waals surface area (Å²) in [4.78, 5) is 10.6. The van der Waals surface area contributed by atoms with Crippen molar-refractivity contribution in [3.05, 3.63) is 23.8 Å². The van der Waals surface area contributed by atoms with Crippen LogP contribution in [0.2, 0.25) is 0 Å². The van der Waals surface area contributed by atoms with Crippen LogP contribution >= 0.6 is 0 Å². The minimum atomic E-state index is -0.0606. The van der Waals surface area contributed by atoms with Crippen LogP contribution in [0.5, 0.6) is 0 Å². The Morgan fingerprint density at radius 3 is 2.81 bits per heavy atom. The predicted octanol–water partition coefficient (Wildman–Crippen LogP) is 0.688. The topological polar surface area (TPSA) is 90.9 Å². The normalized spacial score (nSPS) is 9.25. The zero-order valence-electron chi connectivity index (χ0n) is 9.08. The largest absolute Gasteiger partial charge is 0.397 e. The Labute approximate surface area is 94.2 Å². The number of hydrogen-bond acceptors (Lipinski definition) is 4. The highest BCUT2D eigenvalue weighted by Crippen LogP contribution is 2.18. The summed E-state index contributed by atoms with van der Waals surface area (Å²) in [5.74, 6) is -0.0606. The first-order chi connectivity index (χ1) is 7.63. The molecular weight excluding hydrogens is 204 g/mol. The van der Waals surface area contributed by atoms with Gasteiger partial charge in [-0.25, -0.2) is 0 Å². The van der Waals surface area contributed by atoms with E-state index >= 15 is 0 Å². The van der Waals surface area contributed by atoms with E-state index in [0.717, 1.165) is 5.69 Å². The molecule has 0 aliphatic carbocycles. The van der Waals surface area contributed by atoms with Gasteiger partial charge >= 0.3 is 0 Å². The van der Waals surface area contributed by atoms with E-state index in [9.17, 15) is 4.79 Å². The maximum atomic E-state index is 10.6. The molecule has 5 heteroatoms. The maximum Gasteiger partial charge on any atom is 0.216 e. The lowest BCUT2D eigenvalue weighted by molar-refractivity contribution is -0.118. The van der Waals surface area contributed by atoms with Crippen molar-refractivity contribution in [3.63, 3.8) is 0 Å². The minimum absolute atomic E-state index is 0.0606. The van der Waals surface area contributed by atoms with E-state index in [1.165, 1.54) is 6.92 Å². The number of benzene rings is 1. The van der Waals surface area contributed by atoms with Crippen LogP contribution in [-0.2, 0) is 4.79 Å². The Balaban J connectivity index is 2.49. The second-order valence-electron chi connectivity index (χ2n) is 3.32. The van der Waals surface area contributed by atoms with Crippen molar-refractivity contribution >= 4 is 17.3 Å². The quantitative estimate of drug-likeness (QED) is 0.512. The highest BCUT2D eigenvalue weighted by molar-refractivity contribution is 5.73. The lowest BCUT2D eigenvalue weighted by Crippen LogP contribution is -2.26. The molecule has 1 aromatic carbocycles. The number of nitrogens with zero attached hydrogens (tertiary/aromatic N) is 1. The molecule has 0 unspecified atom stereocenters. The lowest BCUT2D eigenvalue weighted by atomic mass is 10.2. The Kier molecular flexibility index (Phi) is 4.16. The number of nitriles is 1. The van der Waals surface area contributed by atoms with Crippen LogP contribution in [0, 0.1) is 11.3 Å². The standard InChI is InChI=1S/C11H14N4O/c1-8(16)14-4-5-15-11-3-2-9(7-12)6-10(11)13/h2-3,6,15H,4-5,13H2,1H3,(H,14,16). The van der Waals surface area contributed by atoms with Crippen molar-refractivity contribution in [2.45, 2.75) is 6.92 Å². The number of nitrogen functional groups attached to an aromatic ring is 1. The van der Waals surface area contributed by atoms with E-state index < -0.39 is 0 Å². The van der Waals surface area contributed by atoms with Crippen LogP contribution in [-0.4, -0.2) is 19.0 Å². The van der Waals surface area contributed by atoms with Gasteiger partial charge in [-0.05, 0) is 18.2 Å². The smallest absolute Gasteiger partial charge is 0.216 e. The van der Waals surface area contributed by atoms with Crippen molar-refractivity contribution in [1.82, 2.24) is 5.32 Å². The molecule has 1 aromatic rings. The van der Waals surface area contributed by atoms with Gasteiger partial charge < -0.3 is 16.4 Å². The van der Waals surface area contributed by atoms with Crippen LogP contribution in [0.25, 0.3) is 0 Å². The maximum absolute atomic E-state index is 10.6. The van der Waals surface area contributed by atoms with Crippen molar-refractivity contribution in [2.24, 2.45) is 0 Å². The number of nitrogens with two attached hydrogens (primary N) is 1. The van der Waals surface area contributed by atoms with Crippen molar-refractivity contribution in [1.29, 1.82) is 5.26 Å². The Morgan fingerprint density at radius 1 is 1.50 bits per heavy atom. The van der Waals surface area contributed by atoms with Crippen LogP contribution < -0.4 is 16.4 Å². The molecule has 84 valence electrons. The Morgan fingerprint density at radius 2 is 2.25 bits per heavy atom. The number of hydrogen-bond donors (Lipinski definition) is 3. The van der Waals surface area contributed by atoms with E-state index in [4.69, 9.17) is 11.0 Å². The van der Waals surface area contributed by atoms with Crippen LogP contribution in [0.1, 0.15) is 12.5 Å². The van der Waals surface area contributed by atoms with E-state index in [1.54, 1.807) is 18.2 Å². The number of carbonyl (C=O) groups is 1. The van der Waals surface area contributed by atoms with E-state index in [1.807, 2.05) is 6.07 Å². The SMILES string of the molecule is CC(=O)NCCNc1ccc(C#N)cc1N. The number of amides is 1. The molecule has 0 radical (unpaired) electrons. The number of nitrogens with one attached hydrogen (secondary N) is 2. The molecule has 0 atom stereocenters. The second kappa shape index (κ2) is 5.61. The second-order valence-corrected chi connectivity index (χ2v) is 3.32. The fraction of sp³-hybridized carbons (Fsp3) is 0.273. The fourth-order valence-electron chi connectivity index (χ4n) is 1.23. The summed E-state index contributed by atoms with van der Waals surface area (Å²) in [6.45, 7) is 2.60. The first-order valence-electron chi connectivity index (χ1n) is 4.91. The van der Waals surface area contributed by atoms with Gasteiger partial charge in [0.1, 0.15) is 0 Å². The van der Waals surface area contributed by atoms with Crippen LogP contribution in [0.15, 0.2) is 18.2 Å². The molecule has 0 saturated carbocycles. The Bertz CT molecular complexity index is 422. The molecular formula is C11H14N4O. The zero-order valence-corrected chi connectivity index (χ0v) is 9.08. The third kappa shape index (κ3) is 3.50. The molecule has 0 spiro atoms. The van der Waals surface area contributed by atoms with Crippen molar-refractivity contribution in [2.75, 3.05) is 24.1 Å². The number of anilines is 2. The fourth-order valence-corrected chi connectivity index (χ4v) is 1.23. The predicted molar refractivity (Wildman–Crippen MR) is 62.7 cm³/mol. The van der Waals surface area contributed by atoms with Gasteiger partial charge in [-0.1, -0.05) is 0 Å². The third-order valence-electron chi connectivity index (χ3n) is 2.00. The molecule has 0 aromatic heterocycles. The lowest BCUT2D eigenvalue weighted by Gasteiger charge is -2.09. The van der Waals surface area contributed by atoms with E-state index in [2.05, 4.69) is 10.6 Å². The molecule has 1 rings (SSSR count). The molecule has 0 aliphatic heterocycles. The van der Waals surface area contributed by atoms with Gasteiger partial charge in [0.05, 0.1) is 23.0 Å². The molecule has 16 heavy (non-hydrogen) atoms. The van der Waals surface area contributed by atoms with Crippen molar-refractivity contribution in [3.8, 4) is 6.07 Å². The molecule has 1 amide bonds. The third-order valence-corrected chi connectivity index (χ3v) is 2.00. The summed E-state index contributed by atoms with van der Waals surface area (Å²) in [6, 6.07) is 7.07. The summed E-state index contributed by atoms with van der Waals surface area (Å²) in [6.07, 6.45) is 0. The molecule has 0 aliphatic rings. The van der Waals surface area contributed by atoms with Gasteiger partial charge in [-0.2, -0.15) is 5.26 Å². The van der Waals surface area contributed by atoms with Crippen LogP contribution in [0.4, 0.5) is 11.4 Å². The minimum Gasteiger partial charge on any atom is -0.397 e. The van der Waals surface area contributed by atoms with Gasteiger partial charge in [0.15, 0.2) is 0 Å². The molecule has 0 heterocycles. The molecule has 0 saturated heterocycles. The van der Waals surface area contributed by atoms with Gasteiger partial charge in [-0.15, -0.1) is 0 Å². The van der Waals surface area contributed by atoms with E-state index in [0.29, 0.717) is 24.3 Å². The zero-order chi connectivity index (χ0) is 12.0. The summed E-state index contributed by atoms with van der Waals surface area (Å²) in [5, 5.41) is 14.4. The molecule has 4 N–H and O–H groups in total. The summed E-state index contributed by atoms with van der Waals surface area (Å²) in [5.41, 5.74) is 7.57. The average molecular weight is 218 g/mol. The first kappa shape index (κ1) is 11.9. The van der Waals surface area contributed by atoms with Crippen LogP contribution in [0.3, 0.4) is 0 Å². The number of rotatable bonds is 4. The molecule has 5 nitrogen and oxygen atoms in total. The summed E-state index contributed by atoms with van der Waals surface area (Å²) in [7, 11) is 0. The Hall–Kier alpha value is -2.22. The summed E-state index contributed by atoms with van der Waals surface area (Å²) < 4.78 is 0. The number of carbonyl (C=O) groups excluding carboxylic acids is 1. The van der Waals surface area contributed by atoms with Gasteiger partial charge in [0.2, 0.25) is 5.91 Å². The highest BCUT2D eigenvalue weighted by Gasteiger charge is 1.99. The monoisotopic (exact) mass is 218 g/mol. The van der Waals surface area contributed by atoms with Gasteiger partial charge in [-0.3, -0.25) is 4.79 Å². The highest BCUT2D eigenvalue weighted by atomic mass is 16.1. The summed E-state index contributed by atoms with van der Waals surface area (Å²) >= 11 is 0. The first-order valence-corrected chi connectivity index (χ1v) is 4.91. The van der Waals surface area contributed by atoms with Crippen molar-refractivity contribution < 1.29 is 4.79 Å².